The van der Waals surface area contributed by atoms with Crippen LogP contribution < -0.4 is 11.5 Å². The Hall–Kier alpha value is -0.160. The first-order valence-corrected chi connectivity index (χ1v) is 10.4. The van der Waals surface area contributed by atoms with Crippen molar-refractivity contribution in [3.05, 3.63) is 0 Å². The summed E-state index contributed by atoms with van der Waals surface area (Å²) in [4.78, 5) is 0. The van der Waals surface area contributed by atoms with Gasteiger partial charge in [0.2, 0.25) is 0 Å². The monoisotopic (exact) mass is 338 g/mol. The Labute approximate surface area is 148 Å². The fourth-order valence-corrected chi connectivity index (χ4v) is 3.62. The number of rotatable bonds is 6. The Kier molecular flexibility index (Phi) is 7.38. The van der Waals surface area contributed by atoms with Crippen LogP contribution in [0.4, 0.5) is 0 Å². The van der Waals surface area contributed by atoms with Gasteiger partial charge in [-0.2, -0.15) is 0 Å². The molecule has 0 radical (unpaired) electrons. The molecule has 0 heterocycles. The van der Waals surface area contributed by atoms with Crippen LogP contribution in [0.2, 0.25) is 0 Å². The van der Waals surface area contributed by atoms with Crippen molar-refractivity contribution < 1.29 is 9.47 Å². The normalized spacial score (nSPS) is 36.8. The van der Waals surface area contributed by atoms with Gasteiger partial charge in [0.1, 0.15) is 0 Å². The topological polar surface area (TPSA) is 70.5 Å². The molecule has 0 spiro atoms. The van der Waals surface area contributed by atoms with Gasteiger partial charge in [0.15, 0.2) is 0 Å². The summed E-state index contributed by atoms with van der Waals surface area (Å²) in [6.07, 6.45) is 16.0. The average Bonchev–Trinajstić information content (AvgIpc) is 3.48. The molecule has 0 aromatic heterocycles. The molecule has 0 unspecified atom stereocenters. The van der Waals surface area contributed by atoms with Crippen molar-refractivity contribution in [3.63, 3.8) is 0 Å². The highest BCUT2D eigenvalue weighted by Crippen LogP contribution is 2.31. The van der Waals surface area contributed by atoms with Crippen molar-refractivity contribution in [2.75, 3.05) is 13.2 Å². The third kappa shape index (κ3) is 7.38. The van der Waals surface area contributed by atoms with Crippen LogP contribution in [0.15, 0.2) is 0 Å². The van der Waals surface area contributed by atoms with Gasteiger partial charge in [-0.3, -0.25) is 0 Å². The van der Waals surface area contributed by atoms with Crippen molar-refractivity contribution in [3.8, 4) is 0 Å². The predicted octanol–water partition coefficient (Wildman–Crippen LogP) is 3.37. The molecule has 24 heavy (non-hydrogen) atoms. The molecule has 0 aliphatic heterocycles. The van der Waals surface area contributed by atoms with Crippen molar-refractivity contribution in [2.24, 2.45) is 23.3 Å². The third-order valence-corrected chi connectivity index (χ3v) is 5.97. The summed E-state index contributed by atoms with van der Waals surface area (Å²) in [5, 5.41) is 0. The maximum atomic E-state index is 5.81. The van der Waals surface area contributed by atoms with Crippen molar-refractivity contribution in [2.45, 2.75) is 101 Å². The Morgan fingerprint density at radius 3 is 1.12 bits per heavy atom. The fraction of sp³-hybridized carbons (Fsp3) is 1.00. The average molecular weight is 339 g/mol. The molecule has 0 bridgehead atoms. The summed E-state index contributed by atoms with van der Waals surface area (Å²) in [5.41, 5.74) is 11.6. The highest BCUT2D eigenvalue weighted by Gasteiger charge is 2.26. The summed E-state index contributed by atoms with van der Waals surface area (Å²) in [6, 6.07) is 0.900. The molecule has 4 aliphatic carbocycles. The first-order valence-electron chi connectivity index (χ1n) is 10.4. The molecule has 0 atom stereocenters. The van der Waals surface area contributed by atoms with E-state index in [4.69, 9.17) is 20.9 Å². The van der Waals surface area contributed by atoms with E-state index in [1.807, 2.05) is 0 Å². The molecule has 4 saturated carbocycles. The Balaban J connectivity index is 0.000000141. The van der Waals surface area contributed by atoms with Crippen molar-refractivity contribution in [1.82, 2.24) is 0 Å². The lowest BCUT2D eigenvalue weighted by Gasteiger charge is -2.26. The van der Waals surface area contributed by atoms with E-state index < -0.39 is 0 Å². The van der Waals surface area contributed by atoms with E-state index in [0.717, 1.165) is 50.7 Å². The lowest BCUT2D eigenvalue weighted by molar-refractivity contribution is 0.0190. The van der Waals surface area contributed by atoms with Crippen molar-refractivity contribution >= 4 is 0 Å². The molecular formula is C20H38N2O2. The van der Waals surface area contributed by atoms with Gasteiger partial charge in [-0.15, -0.1) is 0 Å². The van der Waals surface area contributed by atoms with E-state index in [0.29, 0.717) is 24.3 Å². The smallest absolute Gasteiger partial charge is 0.0576 e. The lowest BCUT2D eigenvalue weighted by atomic mass is 9.94. The summed E-state index contributed by atoms with van der Waals surface area (Å²) in [6.45, 7) is 2.03. The molecule has 0 saturated heterocycles. The molecule has 4 N–H and O–H groups in total. The quantitative estimate of drug-likeness (QED) is 0.779. The number of hydrogen-bond acceptors (Lipinski definition) is 4. The highest BCUT2D eigenvalue weighted by atomic mass is 16.5. The molecular weight excluding hydrogens is 300 g/mol. The van der Waals surface area contributed by atoms with Gasteiger partial charge in [0, 0.05) is 25.3 Å². The predicted molar refractivity (Wildman–Crippen MR) is 97.8 cm³/mol. The van der Waals surface area contributed by atoms with Crippen LogP contribution in [0, 0.1) is 11.8 Å². The second kappa shape index (κ2) is 9.51. The minimum Gasteiger partial charge on any atom is -0.378 e. The standard InChI is InChI=1S/2C10H19NO/c2*11-9-3-5-10(6-4-9)12-7-8-1-2-8/h2*8-10H,1-7,11H2. The van der Waals surface area contributed by atoms with Crippen LogP contribution in [-0.2, 0) is 9.47 Å². The van der Waals surface area contributed by atoms with Crippen LogP contribution >= 0.6 is 0 Å². The Morgan fingerprint density at radius 1 is 0.500 bits per heavy atom. The van der Waals surface area contributed by atoms with E-state index in [9.17, 15) is 0 Å². The molecule has 140 valence electrons. The van der Waals surface area contributed by atoms with Crippen LogP contribution in [0.25, 0.3) is 0 Å². The van der Waals surface area contributed by atoms with Crippen LogP contribution in [0.1, 0.15) is 77.0 Å². The molecule has 4 heteroatoms. The minimum absolute atomic E-state index is 0.450. The van der Waals surface area contributed by atoms with Gasteiger partial charge in [0.25, 0.3) is 0 Å². The van der Waals surface area contributed by atoms with Gasteiger partial charge in [-0.1, -0.05) is 0 Å². The van der Waals surface area contributed by atoms with Gasteiger partial charge in [-0.05, 0) is 88.9 Å². The fourth-order valence-electron chi connectivity index (χ4n) is 3.62. The second-order valence-corrected chi connectivity index (χ2v) is 8.63. The first kappa shape index (κ1) is 18.6. The maximum Gasteiger partial charge on any atom is 0.0576 e. The van der Waals surface area contributed by atoms with E-state index >= 15 is 0 Å². The van der Waals surface area contributed by atoms with Gasteiger partial charge in [0.05, 0.1) is 12.2 Å². The van der Waals surface area contributed by atoms with E-state index in [1.165, 1.54) is 51.4 Å². The molecule has 4 nitrogen and oxygen atoms in total. The zero-order valence-corrected chi connectivity index (χ0v) is 15.3. The third-order valence-electron chi connectivity index (χ3n) is 5.97. The first-order chi connectivity index (χ1) is 11.7. The van der Waals surface area contributed by atoms with Gasteiger partial charge < -0.3 is 20.9 Å². The minimum atomic E-state index is 0.450. The van der Waals surface area contributed by atoms with E-state index in [2.05, 4.69) is 0 Å². The summed E-state index contributed by atoms with van der Waals surface area (Å²) >= 11 is 0. The van der Waals surface area contributed by atoms with Crippen LogP contribution in [0.5, 0.6) is 0 Å². The van der Waals surface area contributed by atoms with Crippen LogP contribution in [0.3, 0.4) is 0 Å². The zero-order valence-electron chi connectivity index (χ0n) is 15.3. The zero-order chi connectivity index (χ0) is 16.8. The molecule has 0 aromatic rings. The summed E-state index contributed by atoms with van der Waals surface area (Å²) in [7, 11) is 0. The molecule has 4 aliphatic rings. The lowest BCUT2D eigenvalue weighted by Crippen LogP contribution is -2.30. The number of hydrogen-bond donors (Lipinski definition) is 2. The van der Waals surface area contributed by atoms with Crippen molar-refractivity contribution in [1.29, 1.82) is 0 Å². The number of ether oxygens (including phenoxy) is 2. The summed E-state index contributed by atoms with van der Waals surface area (Å²) in [5.74, 6) is 1.81. The maximum absolute atomic E-state index is 5.81. The highest BCUT2D eigenvalue weighted by molar-refractivity contribution is 4.78. The van der Waals surface area contributed by atoms with Gasteiger partial charge >= 0.3 is 0 Å². The SMILES string of the molecule is NC1CCC(OCC2CC2)CC1.NC1CCC(OCC2CC2)CC1. The van der Waals surface area contributed by atoms with E-state index in [-0.39, 0.29) is 0 Å². The van der Waals surface area contributed by atoms with E-state index in [1.54, 1.807) is 0 Å². The Bertz CT molecular complexity index is 308. The largest absolute Gasteiger partial charge is 0.378 e. The second-order valence-electron chi connectivity index (χ2n) is 8.63. The number of nitrogens with two attached hydrogens (primary N) is 2. The van der Waals surface area contributed by atoms with Gasteiger partial charge in [-0.25, -0.2) is 0 Å². The molecule has 4 fully saturated rings. The molecule has 0 aromatic carbocycles. The molecule has 4 rings (SSSR count). The summed E-state index contributed by atoms with van der Waals surface area (Å²) < 4.78 is 11.6. The van der Waals surface area contributed by atoms with Crippen LogP contribution in [-0.4, -0.2) is 37.5 Å². The molecule has 0 amide bonds. The Morgan fingerprint density at radius 2 is 0.833 bits per heavy atom.